The van der Waals surface area contributed by atoms with Gasteiger partial charge in [-0.15, -0.1) is 11.3 Å². The molecule has 2 aromatic carbocycles. The summed E-state index contributed by atoms with van der Waals surface area (Å²) in [5, 5.41) is 12.6. The maximum atomic E-state index is 12.8. The van der Waals surface area contributed by atoms with Gasteiger partial charge in [-0.2, -0.15) is 0 Å². The fourth-order valence-electron chi connectivity index (χ4n) is 2.79. The summed E-state index contributed by atoms with van der Waals surface area (Å²) in [6.07, 6.45) is 0. The summed E-state index contributed by atoms with van der Waals surface area (Å²) in [5.74, 6) is -1.29. The van der Waals surface area contributed by atoms with Crippen molar-refractivity contribution in [2.24, 2.45) is 0 Å². The second-order valence-electron chi connectivity index (χ2n) is 6.63. The van der Waals surface area contributed by atoms with Gasteiger partial charge in [-0.25, -0.2) is 0 Å². The Hall–Kier alpha value is -3.98. The molecule has 0 aliphatic rings. The van der Waals surface area contributed by atoms with E-state index < -0.39 is 5.91 Å². The lowest BCUT2D eigenvalue weighted by Crippen LogP contribution is -2.15. The number of hydrogen-bond acceptors (Lipinski definition) is 5. The molecule has 0 bridgehead atoms. The fourth-order valence-corrected chi connectivity index (χ4v) is 3.41. The molecule has 158 valence electrons. The highest BCUT2D eigenvalue weighted by atomic mass is 32.1. The average molecular weight is 436 g/mol. The summed E-state index contributed by atoms with van der Waals surface area (Å²) in [6.45, 7) is 2.70. The number of benzene rings is 2. The maximum Gasteiger partial charge on any atom is 0.265 e. The molecular weight excluding hydrogens is 416 g/mol. The standard InChI is InChI=1S/C22H20N4O4S/c1-13(27)23-18-9-15(10-19(12-18)24-14(2)28)21(29)25-16-5-3-6-17(11-16)26-22(30)20-7-4-8-31-20/h3-12H,1-2H3,(H,23,27)(H,24,28)(H,25,29)(H,26,30). The summed E-state index contributed by atoms with van der Waals surface area (Å²) < 4.78 is 0. The molecule has 0 radical (unpaired) electrons. The van der Waals surface area contributed by atoms with E-state index in [-0.39, 0.29) is 23.3 Å². The van der Waals surface area contributed by atoms with E-state index in [1.165, 1.54) is 37.3 Å². The number of nitrogens with one attached hydrogen (secondary N) is 4. The predicted octanol–water partition coefficient (Wildman–Crippen LogP) is 4.17. The highest BCUT2D eigenvalue weighted by Gasteiger charge is 2.12. The molecule has 0 atom stereocenters. The van der Waals surface area contributed by atoms with Crippen LogP contribution in [0.4, 0.5) is 22.7 Å². The lowest BCUT2D eigenvalue weighted by molar-refractivity contribution is -0.115. The molecule has 0 fully saturated rings. The Morgan fingerprint density at radius 2 is 1.19 bits per heavy atom. The van der Waals surface area contributed by atoms with Crippen LogP contribution in [0, 0.1) is 0 Å². The number of rotatable bonds is 6. The average Bonchev–Trinajstić information content (AvgIpc) is 3.22. The molecule has 8 nitrogen and oxygen atoms in total. The van der Waals surface area contributed by atoms with Gasteiger partial charge < -0.3 is 21.3 Å². The van der Waals surface area contributed by atoms with Gasteiger partial charge in [-0.05, 0) is 47.8 Å². The molecule has 3 rings (SSSR count). The molecule has 3 aromatic rings. The summed E-state index contributed by atoms with van der Waals surface area (Å²) in [4.78, 5) is 48.4. The van der Waals surface area contributed by atoms with Gasteiger partial charge in [0, 0.05) is 42.2 Å². The molecule has 1 aromatic heterocycles. The summed E-state index contributed by atoms with van der Waals surface area (Å²) in [5.41, 5.74) is 1.99. The Morgan fingerprint density at radius 3 is 1.71 bits per heavy atom. The first-order valence-corrected chi connectivity index (χ1v) is 10.1. The van der Waals surface area contributed by atoms with Gasteiger partial charge >= 0.3 is 0 Å². The van der Waals surface area contributed by atoms with Crippen LogP contribution in [0.1, 0.15) is 33.9 Å². The first-order chi connectivity index (χ1) is 14.8. The number of carbonyl (C=O) groups is 4. The molecule has 4 amide bonds. The Kier molecular flexibility index (Phi) is 6.78. The Bertz CT molecular complexity index is 1110. The lowest BCUT2D eigenvalue weighted by atomic mass is 10.1. The van der Waals surface area contributed by atoms with Crippen molar-refractivity contribution in [2.45, 2.75) is 13.8 Å². The second kappa shape index (κ2) is 9.68. The minimum absolute atomic E-state index is 0.235. The molecule has 9 heteroatoms. The molecule has 31 heavy (non-hydrogen) atoms. The van der Waals surface area contributed by atoms with Gasteiger partial charge in [0.1, 0.15) is 0 Å². The number of hydrogen-bond donors (Lipinski definition) is 4. The van der Waals surface area contributed by atoms with Gasteiger partial charge in [0.2, 0.25) is 11.8 Å². The summed E-state index contributed by atoms with van der Waals surface area (Å²) >= 11 is 1.33. The quantitative estimate of drug-likeness (QED) is 0.464. The van der Waals surface area contributed by atoms with Gasteiger partial charge in [-0.1, -0.05) is 12.1 Å². The first kappa shape index (κ1) is 21.7. The van der Waals surface area contributed by atoms with E-state index in [1.807, 2.05) is 5.38 Å². The monoisotopic (exact) mass is 436 g/mol. The summed E-state index contributed by atoms with van der Waals surface area (Å²) in [7, 11) is 0. The zero-order valence-electron chi connectivity index (χ0n) is 16.8. The largest absolute Gasteiger partial charge is 0.326 e. The van der Waals surface area contributed by atoms with Crippen LogP contribution in [0.15, 0.2) is 60.0 Å². The van der Waals surface area contributed by atoms with Crippen molar-refractivity contribution in [3.63, 3.8) is 0 Å². The van der Waals surface area contributed by atoms with E-state index in [0.29, 0.717) is 27.6 Å². The number of carbonyl (C=O) groups excluding carboxylic acids is 4. The Labute approximate surface area is 182 Å². The van der Waals surface area contributed by atoms with Crippen LogP contribution in [0.5, 0.6) is 0 Å². The van der Waals surface area contributed by atoms with Gasteiger partial charge in [0.25, 0.3) is 11.8 Å². The van der Waals surface area contributed by atoms with Crippen LogP contribution in [0.2, 0.25) is 0 Å². The van der Waals surface area contributed by atoms with Crippen LogP contribution in [0.3, 0.4) is 0 Å². The molecular formula is C22H20N4O4S. The van der Waals surface area contributed by atoms with Crippen molar-refractivity contribution in [2.75, 3.05) is 21.3 Å². The van der Waals surface area contributed by atoms with Crippen LogP contribution in [-0.4, -0.2) is 23.6 Å². The number of thiophene rings is 1. The van der Waals surface area contributed by atoms with Crippen molar-refractivity contribution in [3.8, 4) is 0 Å². The van der Waals surface area contributed by atoms with E-state index in [9.17, 15) is 19.2 Å². The predicted molar refractivity (Wildman–Crippen MR) is 122 cm³/mol. The highest BCUT2D eigenvalue weighted by molar-refractivity contribution is 7.12. The SMILES string of the molecule is CC(=O)Nc1cc(NC(C)=O)cc(C(=O)Nc2cccc(NC(=O)c3cccs3)c2)c1. The van der Waals surface area contributed by atoms with Crippen molar-refractivity contribution < 1.29 is 19.2 Å². The zero-order chi connectivity index (χ0) is 22.4. The Balaban J connectivity index is 1.78. The zero-order valence-corrected chi connectivity index (χ0v) is 17.6. The maximum absolute atomic E-state index is 12.8. The molecule has 0 unspecified atom stereocenters. The molecule has 0 spiro atoms. The summed E-state index contributed by atoms with van der Waals surface area (Å²) in [6, 6.07) is 14.8. The minimum Gasteiger partial charge on any atom is -0.326 e. The van der Waals surface area contributed by atoms with Crippen molar-refractivity contribution in [3.05, 3.63) is 70.4 Å². The van der Waals surface area contributed by atoms with Gasteiger partial charge in [0.15, 0.2) is 0 Å². The van der Waals surface area contributed by atoms with E-state index in [1.54, 1.807) is 42.5 Å². The van der Waals surface area contributed by atoms with E-state index in [2.05, 4.69) is 21.3 Å². The normalized spacial score (nSPS) is 10.1. The number of anilines is 4. The van der Waals surface area contributed by atoms with Gasteiger partial charge in [-0.3, -0.25) is 19.2 Å². The molecule has 0 aliphatic heterocycles. The topological polar surface area (TPSA) is 116 Å². The van der Waals surface area contributed by atoms with Crippen LogP contribution in [-0.2, 0) is 9.59 Å². The second-order valence-corrected chi connectivity index (χ2v) is 7.58. The highest BCUT2D eigenvalue weighted by Crippen LogP contribution is 2.22. The molecule has 0 aliphatic carbocycles. The van der Waals surface area contributed by atoms with Crippen molar-refractivity contribution in [1.29, 1.82) is 0 Å². The molecule has 4 N–H and O–H groups in total. The van der Waals surface area contributed by atoms with E-state index in [4.69, 9.17) is 0 Å². The third-order valence-electron chi connectivity index (χ3n) is 3.96. The molecule has 0 saturated carbocycles. The van der Waals surface area contributed by atoms with Crippen molar-refractivity contribution >= 4 is 57.7 Å². The smallest absolute Gasteiger partial charge is 0.265 e. The van der Waals surface area contributed by atoms with Crippen molar-refractivity contribution in [1.82, 2.24) is 0 Å². The lowest BCUT2D eigenvalue weighted by Gasteiger charge is -2.12. The van der Waals surface area contributed by atoms with E-state index in [0.717, 1.165) is 0 Å². The first-order valence-electron chi connectivity index (χ1n) is 9.27. The van der Waals surface area contributed by atoms with Crippen LogP contribution >= 0.6 is 11.3 Å². The fraction of sp³-hybridized carbons (Fsp3) is 0.0909. The third kappa shape index (κ3) is 6.25. The van der Waals surface area contributed by atoms with Crippen LogP contribution < -0.4 is 21.3 Å². The number of amides is 4. The van der Waals surface area contributed by atoms with E-state index >= 15 is 0 Å². The van der Waals surface area contributed by atoms with Crippen LogP contribution in [0.25, 0.3) is 0 Å². The molecule has 1 heterocycles. The Morgan fingerprint density at radius 1 is 0.645 bits per heavy atom. The molecule has 0 saturated heterocycles. The third-order valence-corrected chi connectivity index (χ3v) is 4.83. The van der Waals surface area contributed by atoms with Gasteiger partial charge in [0.05, 0.1) is 4.88 Å². The minimum atomic E-state index is -0.444.